The number of hydrogen-bond donors (Lipinski definition) is 0. The van der Waals surface area contributed by atoms with Crippen molar-refractivity contribution in [3.05, 3.63) is 46.3 Å². The monoisotopic (exact) mass is 386 g/mol. The Kier molecular flexibility index (Phi) is 7.01. The van der Waals surface area contributed by atoms with Gasteiger partial charge in [0.25, 0.3) is 0 Å². The third kappa shape index (κ3) is 3.60. The molecule has 0 aliphatic rings. The van der Waals surface area contributed by atoms with Crippen LogP contribution in [0.4, 0.5) is 0 Å². The van der Waals surface area contributed by atoms with Crippen molar-refractivity contribution in [3.8, 4) is 0 Å². The molecule has 0 aliphatic carbocycles. The summed E-state index contributed by atoms with van der Waals surface area (Å²) in [4.78, 5) is 14.0. The highest BCUT2D eigenvalue weighted by molar-refractivity contribution is 5.97. The molecular formula is C25H38O3. The van der Waals surface area contributed by atoms with Crippen molar-refractivity contribution < 1.29 is 13.6 Å². The Balaban J connectivity index is 2.56. The van der Waals surface area contributed by atoms with Crippen molar-refractivity contribution in [3.63, 3.8) is 0 Å². The Bertz CT molecular complexity index is 701. The van der Waals surface area contributed by atoms with Gasteiger partial charge in [0, 0.05) is 12.8 Å². The molecule has 0 N–H and O–H groups in total. The van der Waals surface area contributed by atoms with Crippen molar-refractivity contribution in [2.45, 2.75) is 105 Å². The SMILES string of the molecule is CCc1cc(C(C)(CC)C(=O)C(C)(CC)c2cc(CC)c(CC)o2)oc1CC. The summed E-state index contributed by atoms with van der Waals surface area (Å²) >= 11 is 0. The van der Waals surface area contributed by atoms with Gasteiger partial charge in [-0.1, -0.05) is 41.5 Å². The van der Waals surface area contributed by atoms with Crippen LogP contribution in [0.3, 0.4) is 0 Å². The Labute approximate surface area is 170 Å². The van der Waals surface area contributed by atoms with Crippen LogP contribution < -0.4 is 0 Å². The number of Topliss-reactive ketones (excluding diaryl/α,β-unsaturated/α-hetero) is 1. The average molecular weight is 387 g/mol. The predicted molar refractivity (Wildman–Crippen MR) is 115 cm³/mol. The fourth-order valence-electron chi connectivity index (χ4n) is 4.18. The van der Waals surface area contributed by atoms with Gasteiger partial charge in [-0.15, -0.1) is 0 Å². The highest BCUT2D eigenvalue weighted by atomic mass is 16.3. The van der Waals surface area contributed by atoms with Crippen molar-refractivity contribution >= 4 is 5.78 Å². The van der Waals surface area contributed by atoms with Crippen LogP contribution in [0.15, 0.2) is 21.0 Å². The lowest BCUT2D eigenvalue weighted by Crippen LogP contribution is -2.45. The first kappa shape index (κ1) is 22.5. The molecule has 0 spiro atoms. The third-order valence-electron chi connectivity index (χ3n) is 6.70. The van der Waals surface area contributed by atoms with Crippen LogP contribution in [0.5, 0.6) is 0 Å². The number of aryl methyl sites for hydroxylation is 4. The van der Waals surface area contributed by atoms with Gasteiger partial charge in [-0.3, -0.25) is 4.79 Å². The lowest BCUT2D eigenvalue weighted by atomic mass is 9.66. The lowest BCUT2D eigenvalue weighted by Gasteiger charge is -2.34. The number of rotatable bonds is 10. The molecule has 2 unspecified atom stereocenters. The number of hydrogen-bond acceptors (Lipinski definition) is 3. The summed E-state index contributed by atoms with van der Waals surface area (Å²) in [6, 6.07) is 4.21. The molecule has 0 aliphatic heterocycles. The molecule has 2 aromatic heterocycles. The highest BCUT2D eigenvalue weighted by Gasteiger charge is 2.48. The number of carbonyl (C=O) groups excluding carboxylic acids is 1. The molecule has 0 amide bonds. The average Bonchev–Trinajstić information content (AvgIpc) is 3.35. The Morgan fingerprint density at radius 1 is 0.714 bits per heavy atom. The number of carbonyl (C=O) groups is 1. The molecule has 156 valence electrons. The van der Waals surface area contributed by atoms with Gasteiger partial charge in [-0.2, -0.15) is 0 Å². The molecule has 0 saturated heterocycles. The van der Waals surface area contributed by atoms with Gasteiger partial charge in [0.1, 0.15) is 23.0 Å². The molecule has 2 heterocycles. The first-order valence-corrected chi connectivity index (χ1v) is 11.0. The Morgan fingerprint density at radius 2 is 1.07 bits per heavy atom. The molecule has 0 saturated carbocycles. The highest BCUT2D eigenvalue weighted by Crippen LogP contribution is 2.42. The van der Waals surface area contributed by atoms with Gasteiger partial charge >= 0.3 is 0 Å². The summed E-state index contributed by atoms with van der Waals surface area (Å²) in [6.45, 7) is 16.7. The fraction of sp³-hybridized carbons (Fsp3) is 0.640. The second kappa shape index (κ2) is 8.71. The Hall–Kier alpha value is -1.77. The normalized spacial score (nSPS) is 16.0. The van der Waals surface area contributed by atoms with Crippen LogP contribution in [-0.4, -0.2) is 5.78 Å². The summed E-state index contributed by atoms with van der Waals surface area (Å²) in [5, 5.41) is 0. The number of furan rings is 2. The maximum atomic E-state index is 14.0. The van der Waals surface area contributed by atoms with Crippen LogP contribution in [-0.2, 0) is 41.3 Å². The molecule has 2 aromatic rings. The smallest absolute Gasteiger partial charge is 0.159 e. The molecule has 0 fully saturated rings. The molecule has 3 heteroatoms. The van der Waals surface area contributed by atoms with Crippen LogP contribution >= 0.6 is 0 Å². The summed E-state index contributed by atoms with van der Waals surface area (Å²) in [6.07, 6.45) is 4.93. The van der Waals surface area contributed by atoms with Crippen molar-refractivity contribution in [2.24, 2.45) is 0 Å². The lowest BCUT2D eigenvalue weighted by molar-refractivity contribution is -0.130. The van der Waals surface area contributed by atoms with Crippen molar-refractivity contribution in [1.29, 1.82) is 0 Å². The molecule has 2 atom stereocenters. The quantitative estimate of drug-likeness (QED) is 0.455. The minimum absolute atomic E-state index is 0.183. The molecular weight excluding hydrogens is 348 g/mol. The first-order valence-electron chi connectivity index (χ1n) is 11.0. The largest absolute Gasteiger partial charge is 0.465 e. The predicted octanol–water partition coefficient (Wildman–Crippen LogP) is 6.73. The summed E-state index contributed by atoms with van der Waals surface area (Å²) in [5.41, 5.74) is 1.08. The van der Waals surface area contributed by atoms with Gasteiger partial charge in [0.2, 0.25) is 0 Å². The first-order chi connectivity index (χ1) is 13.2. The topological polar surface area (TPSA) is 43.4 Å². The molecule has 0 aromatic carbocycles. The summed E-state index contributed by atoms with van der Waals surface area (Å²) in [7, 11) is 0. The summed E-state index contributed by atoms with van der Waals surface area (Å²) < 4.78 is 12.5. The van der Waals surface area contributed by atoms with E-state index in [1.165, 1.54) is 11.1 Å². The van der Waals surface area contributed by atoms with Gasteiger partial charge in [0.05, 0.1) is 10.8 Å². The van der Waals surface area contributed by atoms with Gasteiger partial charge < -0.3 is 8.83 Å². The van der Waals surface area contributed by atoms with Gasteiger partial charge in [-0.25, -0.2) is 0 Å². The minimum Gasteiger partial charge on any atom is -0.465 e. The van der Waals surface area contributed by atoms with E-state index in [2.05, 4.69) is 53.7 Å². The van der Waals surface area contributed by atoms with Crippen LogP contribution in [0.25, 0.3) is 0 Å². The van der Waals surface area contributed by atoms with E-state index in [9.17, 15) is 4.79 Å². The van der Waals surface area contributed by atoms with Gasteiger partial charge in [-0.05, 0) is 62.8 Å². The van der Waals surface area contributed by atoms with Crippen LogP contribution in [0.2, 0.25) is 0 Å². The fourth-order valence-corrected chi connectivity index (χ4v) is 4.18. The third-order valence-corrected chi connectivity index (χ3v) is 6.70. The standard InChI is InChI=1S/C25H38O3/c1-9-17-15-21(27-19(17)11-3)24(7,13-5)23(26)25(8,14-6)22-16-18(10-2)20(12-4)28-22/h15-16H,9-14H2,1-8H3. The van der Waals surface area contributed by atoms with E-state index in [0.29, 0.717) is 12.8 Å². The Morgan fingerprint density at radius 3 is 1.29 bits per heavy atom. The van der Waals surface area contributed by atoms with E-state index < -0.39 is 10.8 Å². The van der Waals surface area contributed by atoms with E-state index in [4.69, 9.17) is 8.83 Å². The van der Waals surface area contributed by atoms with Crippen LogP contribution in [0.1, 0.15) is 102 Å². The van der Waals surface area contributed by atoms with Crippen LogP contribution in [0, 0.1) is 0 Å². The summed E-state index contributed by atoms with van der Waals surface area (Å²) in [5.74, 6) is 3.78. The number of ketones is 1. The molecule has 0 bridgehead atoms. The van der Waals surface area contributed by atoms with E-state index in [-0.39, 0.29) is 5.78 Å². The maximum Gasteiger partial charge on any atom is 0.159 e. The van der Waals surface area contributed by atoms with Crippen molar-refractivity contribution in [1.82, 2.24) is 0 Å². The molecule has 0 radical (unpaired) electrons. The molecule has 28 heavy (non-hydrogen) atoms. The van der Waals surface area contributed by atoms with E-state index in [1.54, 1.807) is 0 Å². The van der Waals surface area contributed by atoms with E-state index in [0.717, 1.165) is 48.7 Å². The zero-order valence-corrected chi connectivity index (χ0v) is 19.1. The second-order valence-corrected chi connectivity index (χ2v) is 8.23. The molecule has 2 rings (SSSR count). The second-order valence-electron chi connectivity index (χ2n) is 8.23. The molecule has 3 nitrogen and oxygen atoms in total. The van der Waals surface area contributed by atoms with E-state index in [1.807, 2.05) is 13.8 Å². The minimum atomic E-state index is -0.673. The van der Waals surface area contributed by atoms with E-state index >= 15 is 0 Å². The zero-order chi connectivity index (χ0) is 21.1. The zero-order valence-electron chi connectivity index (χ0n) is 19.1. The maximum absolute atomic E-state index is 14.0. The van der Waals surface area contributed by atoms with Gasteiger partial charge in [0.15, 0.2) is 5.78 Å². The van der Waals surface area contributed by atoms with Crippen molar-refractivity contribution in [2.75, 3.05) is 0 Å².